The smallest absolute Gasteiger partial charge is 0.193 e. The summed E-state index contributed by atoms with van der Waals surface area (Å²) in [6.45, 7) is 4.36. The van der Waals surface area contributed by atoms with Gasteiger partial charge in [-0.05, 0) is 25.2 Å². The van der Waals surface area contributed by atoms with Crippen molar-refractivity contribution in [3.63, 3.8) is 0 Å². The molecule has 2 N–H and O–H groups in total. The summed E-state index contributed by atoms with van der Waals surface area (Å²) in [6.07, 6.45) is 7.42. The summed E-state index contributed by atoms with van der Waals surface area (Å²) in [4.78, 5) is 5.64. The van der Waals surface area contributed by atoms with E-state index < -0.39 is 0 Å². The van der Waals surface area contributed by atoms with Crippen molar-refractivity contribution in [2.75, 3.05) is 0 Å². The third kappa shape index (κ3) is 2.62. The Morgan fingerprint density at radius 3 is 3.00 bits per heavy atom. The standard InChI is InChI=1S/C12H19N3S/c1-9(2)11(13)5-3-4-10-8-15-6-7-16-12(15)14-10/h6-9,11H,3-5,13H2,1-2H3. The number of thiazole rings is 1. The third-order valence-corrected chi connectivity index (χ3v) is 3.74. The average molecular weight is 237 g/mol. The molecule has 0 fully saturated rings. The molecule has 0 aromatic carbocycles. The molecule has 2 aromatic rings. The Morgan fingerprint density at radius 2 is 2.31 bits per heavy atom. The van der Waals surface area contributed by atoms with Crippen LogP contribution in [-0.4, -0.2) is 15.4 Å². The maximum atomic E-state index is 6.01. The Kier molecular flexibility index (Phi) is 3.61. The van der Waals surface area contributed by atoms with E-state index in [9.17, 15) is 0 Å². The van der Waals surface area contributed by atoms with Gasteiger partial charge in [0.05, 0.1) is 5.69 Å². The summed E-state index contributed by atoms with van der Waals surface area (Å²) in [7, 11) is 0. The molecule has 0 spiro atoms. The topological polar surface area (TPSA) is 43.3 Å². The molecule has 1 atom stereocenters. The lowest BCUT2D eigenvalue weighted by atomic mass is 9.99. The highest BCUT2D eigenvalue weighted by atomic mass is 32.1. The molecule has 0 aliphatic heterocycles. The van der Waals surface area contributed by atoms with Crippen LogP contribution < -0.4 is 5.73 Å². The number of aryl methyl sites for hydroxylation is 1. The van der Waals surface area contributed by atoms with E-state index in [1.54, 1.807) is 11.3 Å². The van der Waals surface area contributed by atoms with E-state index in [2.05, 4.69) is 41.0 Å². The molecule has 16 heavy (non-hydrogen) atoms. The summed E-state index contributed by atoms with van der Waals surface area (Å²) in [5.74, 6) is 0.575. The Labute approximate surface area is 100 Å². The van der Waals surface area contributed by atoms with Crippen molar-refractivity contribution in [2.45, 2.75) is 39.2 Å². The van der Waals surface area contributed by atoms with Crippen LogP contribution in [0.15, 0.2) is 17.8 Å². The minimum atomic E-state index is 0.323. The number of hydrogen-bond donors (Lipinski definition) is 1. The molecular formula is C12H19N3S. The van der Waals surface area contributed by atoms with Crippen LogP contribution in [0.3, 0.4) is 0 Å². The van der Waals surface area contributed by atoms with Crippen LogP contribution in [0.5, 0.6) is 0 Å². The van der Waals surface area contributed by atoms with Gasteiger partial charge in [-0.25, -0.2) is 4.98 Å². The Morgan fingerprint density at radius 1 is 1.50 bits per heavy atom. The highest BCUT2D eigenvalue weighted by Gasteiger charge is 2.08. The summed E-state index contributed by atoms with van der Waals surface area (Å²) < 4.78 is 2.09. The monoisotopic (exact) mass is 237 g/mol. The summed E-state index contributed by atoms with van der Waals surface area (Å²) >= 11 is 1.68. The van der Waals surface area contributed by atoms with Gasteiger partial charge in [-0.15, -0.1) is 11.3 Å². The molecule has 0 aliphatic rings. The second kappa shape index (κ2) is 4.97. The molecule has 2 aromatic heterocycles. The Hall–Kier alpha value is -0.870. The van der Waals surface area contributed by atoms with Gasteiger partial charge in [0, 0.05) is 23.8 Å². The van der Waals surface area contributed by atoms with Crippen LogP contribution in [0.25, 0.3) is 4.96 Å². The van der Waals surface area contributed by atoms with E-state index in [-0.39, 0.29) is 0 Å². The summed E-state index contributed by atoms with van der Waals surface area (Å²) in [5, 5.41) is 2.06. The molecule has 0 amide bonds. The van der Waals surface area contributed by atoms with Crippen molar-refractivity contribution in [1.82, 2.24) is 9.38 Å². The van der Waals surface area contributed by atoms with E-state index in [4.69, 9.17) is 5.73 Å². The minimum Gasteiger partial charge on any atom is -0.327 e. The second-order valence-corrected chi connectivity index (χ2v) is 5.50. The van der Waals surface area contributed by atoms with Crippen LogP contribution in [0, 0.1) is 5.92 Å². The van der Waals surface area contributed by atoms with Crippen LogP contribution in [0.4, 0.5) is 0 Å². The number of nitrogens with zero attached hydrogens (tertiary/aromatic N) is 2. The lowest BCUT2D eigenvalue weighted by molar-refractivity contribution is 0.451. The van der Waals surface area contributed by atoms with Gasteiger partial charge < -0.3 is 5.73 Å². The van der Waals surface area contributed by atoms with Crippen LogP contribution in [0.2, 0.25) is 0 Å². The van der Waals surface area contributed by atoms with Crippen LogP contribution in [0.1, 0.15) is 32.4 Å². The summed E-state index contributed by atoms with van der Waals surface area (Å²) in [6, 6.07) is 0.323. The number of aromatic nitrogens is 2. The molecule has 0 radical (unpaired) electrons. The first kappa shape index (κ1) is 11.6. The molecule has 2 heterocycles. The van der Waals surface area contributed by atoms with Crippen LogP contribution >= 0.6 is 11.3 Å². The summed E-state index contributed by atoms with van der Waals surface area (Å²) in [5.41, 5.74) is 7.20. The first-order chi connectivity index (χ1) is 7.66. The molecule has 2 rings (SSSR count). The zero-order chi connectivity index (χ0) is 11.5. The fourth-order valence-corrected chi connectivity index (χ4v) is 2.47. The predicted octanol–water partition coefficient (Wildman–Crippen LogP) is 2.70. The zero-order valence-electron chi connectivity index (χ0n) is 9.89. The number of nitrogens with two attached hydrogens (primary N) is 1. The fourth-order valence-electron chi connectivity index (χ4n) is 1.75. The third-order valence-electron chi connectivity index (χ3n) is 2.97. The van der Waals surface area contributed by atoms with Crippen molar-refractivity contribution in [2.24, 2.45) is 11.7 Å². The Balaban J connectivity index is 1.84. The molecule has 4 heteroatoms. The Bertz CT molecular complexity index is 415. The zero-order valence-corrected chi connectivity index (χ0v) is 10.7. The van der Waals surface area contributed by atoms with Gasteiger partial charge >= 0.3 is 0 Å². The first-order valence-electron chi connectivity index (χ1n) is 5.83. The van der Waals surface area contributed by atoms with Crippen molar-refractivity contribution in [1.29, 1.82) is 0 Å². The minimum absolute atomic E-state index is 0.323. The number of hydrogen-bond acceptors (Lipinski definition) is 3. The maximum Gasteiger partial charge on any atom is 0.193 e. The molecule has 0 bridgehead atoms. The maximum absolute atomic E-state index is 6.01. The highest BCUT2D eigenvalue weighted by molar-refractivity contribution is 7.15. The molecular weight excluding hydrogens is 218 g/mol. The van der Waals surface area contributed by atoms with E-state index in [1.807, 2.05) is 0 Å². The molecule has 0 aliphatic carbocycles. The fraction of sp³-hybridized carbons (Fsp3) is 0.583. The van der Waals surface area contributed by atoms with Gasteiger partial charge in [-0.1, -0.05) is 13.8 Å². The molecule has 0 saturated heterocycles. The lowest BCUT2D eigenvalue weighted by Crippen LogP contribution is -2.26. The van der Waals surface area contributed by atoms with Crippen molar-refractivity contribution in [3.05, 3.63) is 23.5 Å². The van der Waals surface area contributed by atoms with Gasteiger partial charge in [0.25, 0.3) is 0 Å². The van der Waals surface area contributed by atoms with Crippen LogP contribution in [-0.2, 0) is 6.42 Å². The molecule has 1 unspecified atom stereocenters. The molecule has 3 nitrogen and oxygen atoms in total. The van der Waals surface area contributed by atoms with Gasteiger partial charge in [-0.3, -0.25) is 4.40 Å². The quantitative estimate of drug-likeness (QED) is 0.869. The van der Waals surface area contributed by atoms with Gasteiger partial charge in [0.1, 0.15) is 0 Å². The first-order valence-corrected chi connectivity index (χ1v) is 6.71. The predicted molar refractivity (Wildman–Crippen MR) is 68.8 cm³/mol. The normalized spacial score (nSPS) is 13.8. The van der Waals surface area contributed by atoms with Gasteiger partial charge in [0.15, 0.2) is 4.96 Å². The highest BCUT2D eigenvalue weighted by Crippen LogP contribution is 2.14. The molecule has 88 valence electrons. The van der Waals surface area contributed by atoms with Crippen molar-refractivity contribution < 1.29 is 0 Å². The lowest BCUT2D eigenvalue weighted by Gasteiger charge is -2.14. The SMILES string of the molecule is CC(C)C(N)CCCc1cn2ccsc2n1. The number of rotatable bonds is 5. The number of fused-ring (bicyclic) bond motifs is 1. The molecule has 0 saturated carbocycles. The van der Waals surface area contributed by atoms with Crippen molar-refractivity contribution in [3.8, 4) is 0 Å². The number of imidazole rings is 1. The second-order valence-electron chi connectivity index (χ2n) is 4.63. The average Bonchev–Trinajstić information content (AvgIpc) is 2.77. The van der Waals surface area contributed by atoms with E-state index in [0.29, 0.717) is 12.0 Å². The van der Waals surface area contributed by atoms with Gasteiger partial charge in [0.2, 0.25) is 0 Å². The van der Waals surface area contributed by atoms with Gasteiger partial charge in [-0.2, -0.15) is 0 Å². The van der Waals surface area contributed by atoms with E-state index in [1.165, 1.54) is 5.69 Å². The van der Waals surface area contributed by atoms with Crippen molar-refractivity contribution >= 4 is 16.3 Å². The van der Waals surface area contributed by atoms with E-state index in [0.717, 1.165) is 24.2 Å². The van der Waals surface area contributed by atoms with E-state index >= 15 is 0 Å². The largest absolute Gasteiger partial charge is 0.327 e.